The number of esters is 2. The van der Waals surface area contributed by atoms with E-state index in [1.807, 2.05) is 0 Å². The standard InChI is InChI=1S/C20H20N2O7.C18H16N2O7/c1-12(23)21-19-11-15(9-14-3-5-16(6-4-14)22(27)28)10-18(20(25)26)17(19)7-8-29-13(2)24;1-10(21)19-16-9-13(7-12-3-5-14(6-4-12)20(25)26)8-15(18(23)24)17(16)27-11(2)22/h3-6,10-11H,7-9H2,1-2H3,(H,21,23)(H,25,26);3-6,8-9H,7H2,1-2H3,(H,19,21)(H,23,24). The normalized spacial score (nSPS) is 10.2. The Kier molecular flexibility index (Phi) is 15.0. The third-order valence-electron chi connectivity index (χ3n) is 7.55. The lowest BCUT2D eigenvalue weighted by molar-refractivity contribution is -0.385. The zero-order chi connectivity index (χ0) is 41.7. The predicted molar refractivity (Wildman–Crippen MR) is 199 cm³/mol. The highest BCUT2D eigenvalue weighted by molar-refractivity contribution is 5.99. The van der Waals surface area contributed by atoms with E-state index in [4.69, 9.17) is 9.47 Å². The summed E-state index contributed by atoms with van der Waals surface area (Å²) in [4.78, 5) is 89.2. The summed E-state index contributed by atoms with van der Waals surface area (Å²) in [6, 6.07) is 17.7. The molecular formula is C38H36N4O14. The van der Waals surface area contributed by atoms with E-state index in [0.29, 0.717) is 34.4 Å². The summed E-state index contributed by atoms with van der Waals surface area (Å²) in [6.07, 6.45) is 0.689. The Bertz CT molecular complexity index is 2180. The Morgan fingerprint density at radius 3 is 1.43 bits per heavy atom. The van der Waals surface area contributed by atoms with Crippen molar-refractivity contribution in [2.75, 3.05) is 17.2 Å². The van der Waals surface area contributed by atoms with Crippen molar-refractivity contribution >= 4 is 58.4 Å². The Labute approximate surface area is 318 Å². The quantitative estimate of drug-likeness (QED) is 0.0517. The smallest absolute Gasteiger partial charge is 0.339 e. The van der Waals surface area contributed by atoms with Crippen LogP contribution >= 0.6 is 0 Å². The van der Waals surface area contributed by atoms with Gasteiger partial charge in [0.2, 0.25) is 11.8 Å². The Balaban J connectivity index is 0.000000301. The Hall–Kier alpha value is -7.50. The van der Waals surface area contributed by atoms with Crippen LogP contribution in [-0.4, -0.2) is 62.4 Å². The minimum Gasteiger partial charge on any atom is -0.478 e. The fourth-order valence-electron chi connectivity index (χ4n) is 5.32. The second kappa shape index (κ2) is 19.5. The highest BCUT2D eigenvalue weighted by atomic mass is 16.6. The van der Waals surface area contributed by atoms with Crippen LogP contribution in [0.1, 0.15) is 76.2 Å². The first kappa shape index (κ1) is 42.9. The second-order valence-electron chi connectivity index (χ2n) is 12.0. The van der Waals surface area contributed by atoms with Crippen LogP contribution in [0.3, 0.4) is 0 Å². The van der Waals surface area contributed by atoms with E-state index in [1.165, 1.54) is 63.2 Å². The number of nitrogens with zero attached hydrogens (tertiary/aromatic N) is 2. The summed E-state index contributed by atoms with van der Waals surface area (Å²) in [5.74, 6) is -4.82. The number of nitro benzene ring substituents is 2. The number of nitro groups is 2. The highest BCUT2D eigenvalue weighted by Gasteiger charge is 2.21. The van der Waals surface area contributed by atoms with E-state index >= 15 is 0 Å². The van der Waals surface area contributed by atoms with Gasteiger partial charge in [0.05, 0.1) is 27.7 Å². The van der Waals surface area contributed by atoms with Gasteiger partial charge in [-0.2, -0.15) is 0 Å². The van der Waals surface area contributed by atoms with Gasteiger partial charge in [0.1, 0.15) is 5.56 Å². The van der Waals surface area contributed by atoms with E-state index < -0.39 is 39.6 Å². The molecule has 0 spiro atoms. The first-order valence-electron chi connectivity index (χ1n) is 16.5. The van der Waals surface area contributed by atoms with Gasteiger partial charge in [0.15, 0.2) is 5.75 Å². The van der Waals surface area contributed by atoms with Gasteiger partial charge in [-0.1, -0.05) is 24.3 Å². The number of benzene rings is 4. The molecule has 0 atom stereocenters. The van der Waals surface area contributed by atoms with Crippen molar-refractivity contribution < 1.29 is 58.3 Å². The molecule has 4 aromatic carbocycles. The van der Waals surface area contributed by atoms with Gasteiger partial charge in [0, 0.05) is 64.1 Å². The molecule has 0 aliphatic rings. The second-order valence-corrected chi connectivity index (χ2v) is 12.0. The number of aromatic carboxylic acids is 2. The molecule has 18 heteroatoms. The number of hydrogen-bond acceptors (Lipinski definition) is 12. The molecule has 2 amide bonds. The molecule has 56 heavy (non-hydrogen) atoms. The largest absolute Gasteiger partial charge is 0.478 e. The molecule has 4 aromatic rings. The summed E-state index contributed by atoms with van der Waals surface area (Å²) in [5.41, 5.74) is 2.89. The van der Waals surface area contributed by atoms with Crippen molar-refractivity contribution in [2.24, 2.45) is 0 Å². The monoisotopic (exact) mass is 772 g/mol. The Morgan fingerprint density at radius 1 is 0.607 bits per heavy atom. The minimum atomic E-state index is -1.33. The van der Waals surface area contributed by atoms with Gasteiger partial charge in [-0.05, 0) is 64.9 Å². The molecule has 18 nitrogen and oxygen atoms in total. The fourth-order valence-corrected chi connectivity index (χ4v) is 5.32. The number of carbonyl (C=O) groups is 6. The maximum absolute atomic E-state index is 11.8. The number of anilines is 2. The number of ether oxygens (including phenoxy) is 2. The molecular weight excluding hydrogens is 736 g/mol. The van der Waals surface area contributed by atoms with E-state index in [0.717, 1.165) is 12.5 Å². The number of amides is 2. The molecule has 0 saturated carbocycles. The van der Waals surface area contributed by atoms with Gasteiger partial charge in [-0.25, -0.2) is 9.59 Å². The molecule has 4 N–H and O–H groups in total. The molecule has 0 unspecified atom stereocenters. The molecule has 0 heterocycles. The average molecular weight is 773 g/mol. The van der Waals surface area contributed by atoms with Gasteiger partial charge in [-0.3, -0.25) is 39.4 Å². The maximum atomic E-state index is 11.8. The first-order valence-corrected chi connectivity index (χ1v) is 16.5. The van der Waals surface area contributed by atoms with E-state index in [1.54, 1.807) is 30.3 Å². The van der Waals surface area contributed by atoms with Crippen LogP contribution in [0.2, 0.25) is 0 Å². The van der Waals surface area contributed by atoms with Crippen LogP contribution in [0.15, 0.2) is 72.8 Å². The molecule has 0 aromatic heterocycles. The fraction of sp³-hybridized carbons (Fsp3) is 0.211. The summed E-state index contributed by atoms with van der Waals surface area (Å²) in [7, 11) is 0. The van der Waals surface area contributed by atoms with Crippen molar-refractivity contribution in [1.29, 1.82) is 0 Å². The van der Waals surface area contributed by atoms with Crippen LogP contribution in [-0.2, 0) is 43.2 Å². The lowest BCUT2D eigenvalue weighted by Gasteiger charge is -2.16. The van der Waals surface area contributed by atoms with Crippen LogP contribution in [0, 0.1) is 20.2 Å². The number of carboxylic acids is 2. The molecule has 0 radical (unpaired) electrons. The maximum Gasteiger partial charge on any atom is 0.339 e. The molecule has 0 aliphatic heterocycles. The number of non-ortho nitro benzene ring substituents is 2. The van der Waals surface area contributed by atoms with Crippen LogP contribution in [0.5, 0.6) is 5.75 Å². The molecule has 0 aliphatic carbocycles. The van der Waals surface area contributed by atoms with Crippen LogP contribution < -0.4 is 15.4 Å². The van der Waals surface area contributed by atoms with Crippen molar-refractivity contribution in [3.05, 3.63) is 132 Å². The summed E-state index contributed by atoms with van der Waals surface area (Å²) in [6.45, 7) is 4.89. The van der Waals surface area contributed by atoms with E-state index in [9.17, 15) is 59.2 Å². The number of nitrogens with one attached hydrogen (secondary N) is 2. The molecule has 292 valence electrons. The zero-order valence-electron chi connectivity index (χ0n) is 30.4. The third kappa shape index (κ3) is 12.9. The minimum absolute atomic E-state index is 0.0136. The van der Waals surface area contributed by atoms with Gasteiger partial charge in [-0.15, -0.1) is 0 Å². The number of rotatable bonds is 14. The van der Waals surface area contributed by atoms with Crippen molar-refractivity contribution in [3.63, 3.8) is 0 Å². The Morgan fingerprint density at radius 2 is 1.04 bits per heavy atom. The third-order valence-corrected chi connectivity index (χ3v) is 7.55. The molecule has 4 rings (SSSR count). The van der Waals surface area contributed by atoms with Crippen molar-refractivity contribution in [2.45, 2.75) is 47.0 Å². The van der Waals surface area contributed by atoms with Crippen molar-refractivity contribution in [1.82, 2.24) is 0 Å². The molecule has 0 saturated heterocycles. The summed E-state index contributed by atoms with van der Waals surface area (Å²) >= 11 is 0. The SMILES string of the molecule is CC(=O)Nc1cc(Cc2ccc([N+](=O)[O-])cc2)cc(C(=O)O)c1CCOC(C)=O.CC(=O)Nc1cc(Cc2ccc([N+](=O)[O-])cc2)cc(C(=O)O)c1OC(C)=O. The number of hydrogen-bond donors (Lipinski definition) is 4. The average Bonchev–Trinajstić information content (AvgIpc) is 3.09. The summed E-state index contributed by atoms with van der Waals surface area (Å²) < 4.78 is 9.87. The highest BCUT2D eigenvalue weighted by Crippen LogP contribution is 2.33. The number of carbonyl (C=O) groups excluding carboxylic acids is 4. The topological polar surface area (TPSA) is 272 Å². The first-order chi connectivity index (χ1) is 26.3. The summed E-state index contributed by atoms with van der Waals surface area (Å²) in [5, 5.41) is 45.6. The van der Waals surface area contributed by atoms with E-state index in [2.05, 4.69) is 10.6 Å². The number of carboxylic acid groups (broad SMARTS) is 2. The lowest BCUT2D eigenvalue weighted by atomic mass is 9.95. The predicted octanol–water partition coefficient (Wildman–Crippen LogP) is 5.72. The van der Waals surface area contributed by atoms with Gasteiger partial charge < -0.3 is 30.3 Å². The van der Waals surface area contributed by atoms with Gasteiger partial charge >= 0.3 is 23.9 Å². The zero-order valence-corrected chi connectivity index (χ0v) is 30.4. The van der Waals surface area contributed by atoms with Crippen molar-refractivity contribution in [3.8, 4) is 5.75 Å². The van der Waals surface area contributed by atoms with E-state index in [-0.39, 0.29) is 59.3 Å². The van der Waals surface area contributed by atoms with Crippen LogP contribution in [0.4, 0.5) is 22.7 Å². The molecule has 0 fully saturated rings. The van der Waals surface area contributed by atoms with Gasteiger partial charge in [0.25, 0.3) is 11.4 Å². The van der Waals surface area contributed by atoms with Crippen LogP contribution in [0.25, 0.3) is 0 Å². The molecule has 0 bridgehead atoms. The lowest BCUT2D eigenvalue weighted by Crippen LogP contribution is -2.15.